The van der Waals surface area contributed by atoms with Crippen LogP contribution in [-0.2, 0) is 14.3 Å². The molecule has 0 unspecified atom stereocenters. The van der Waals surface area contributed by atoms with Crippen molar-refractivity contribution in [3.63, 3.8) is 0 Å². The predicted octanol–water partition coefficient (Wildman–Crippen LogP) is 3.18. The van der Waals surface area contributed by atoms with E-state index in [4.69, 9.17) is 14.2 Å². The van der Waals surface area contributed by atoms with Crippen LogP contribution in [0.4, 0.5) is 0 Å². The van der Waals surface area contributed by atoms with Gasteiger partial charge in [-0.1, -0.05) is 30.3 Å². The van der Waals surface area contributed by atoms with E-state index in [0.29, 0.717) is 35.7 Å². The lowest BCUT2D eigenvalue weighted by molar-refractivity contribution is -0.162. The lowest BCUT2D eigenvalue weighted by Crippen LogP contribution is -2.35. The minimum absolute atomic E-state index is 0.106. The van der Waals surface area contributed by atoms with Gasteiger partial charge >= 0.3 is 5.97 Å². The molecule has 0 saturated carbocycles. The third-order valence-corrected chi connectivity index (χ3v) is 4.91. The Kier molecular flexibility index (Phi) is 7.06. The molecule has 1 heterocycles. The van der Waals surface area contributed by atoms with Crippen molar-refractivity contribution in [3.8, 4) is 11.5 Å². The molecule has 7 heteroatoms. The van der Waals surface area contributed by atoms with Crippen molar-refractivity contribution < 1.29 is 28.6 Å². The summed E-state index contributed by atoms with van der Waals surface area (Å²) in [6.07, 6.45) is 0.878. The van der Waals surface area contributed by atoms with Crippen LogP contribution in [0.1, 0.15) is 41.8 Å². The average molecular weight is 411 g/mol. The highest BCUT2D eigenvalue weighted by atomic mass is 16.6. The number of Topliss-reactive ketones (excluding diaryl/α,β-unsaturated/α-hetero) is 1. The van der Waals surface area contributed by atoms with Gasteiger partial charge in [0.05, 0.1) is 7.11 Å². The fourth-order valence-corrected chi connectivity index (χ4v) is 3.30. The monoisotopic (exact) mass is 411 g/mol. The summed E-state index contributed by atoms with van der Waals surface area (Å²) in [4.78, 5) is 38.6. The van der Waals surface area contributed by atoms with Crippen molar-refractivity contribution in [2.24, 2.45) is 0 Å². The van der Waals surface area contributed by atoms with Crippen molar-refractivity contribution in [3.05, 3.63) is 59.7 Å². The molecule has 7 nitrogen and oxygen atoms in total. The summed E-state index contributed by atoms with van der Waals surface area (Å²) in [6.45, 7) is 2.38. The number of esters is 1. The van der Waals surface area contributed by atoms with Gasteiger partial charge in [0.2, 0.25) is 6.10 Å². The molecule has 2 aromatic carbocycles. The van der Waals surface area contributed by atoms with E-state index in [0.717, 1.165) is 12.8 Å². The average Bonchev–Trinajstić information content (AvgIpc) is 3.31. The van der Waals surface area contributed by atoms with Gasteiger partial charge in [0, 0.05) is 24.2 Å². The molecular formula is C23H25NO6. The van der Waals surface area contributed by atoms with E-state index in [1.165, 1.54) is 14.0 Å². The maximum Gasteiger partial charge on any atom is 0.345 e. The molecule has 0 N–H and O–H groups in total. The van der Waals surface area contributed by atoms with Gasteiger partial charge in [-0.25, -0.2) is 4.79 Å². The molecule has 1 saturated heterocycles. The lowest BCUT2D eigenvalue weighted by atomic mass is 10.1. The first-order chi connectivity index (χ1) is 14.5. The van der Waals surface area contributed by atoms with Crippen LogP contribution in [0.5, 0.6) is 11.5 Å². The van der Waals surface area contributed by atoms with Gasteiger partial charge in [-0.3, -0.25) is 9.59 Å². The van der Waals surface area contributed by atoms with Crippen LogP contribution in [0.2, 0.25) is 0 Å². The number of nitrogens with zero attached hydrogens (tertiary/aromatic N) is 1. The number of amides is 1. The van der Waals surface area contributed by atoms with E-state index in [1.807, 2.05) is 6.07 Å². The third-order valence-electron chi connectivity index (χ3n) is 4.91. The summed E-state index contributed by atoms with van der Waals surface area (Å²) in [7, 11) is 1.45. The van der Waals surface area contributed by atoms with Crippen LogP contribution < -0.4 is 9.47 Å². The van der Waals surface area contributed by atoms with E-state index >= 15 is 0 Å². The standard InChI is InChI=1S/C23H25NO6/c1-16(25)18-10-11-19(20(14-18)28-2)29-15-21(26)30-22(17-8-4-3-5-9-17)23(27)24-12-6-7-13-24/h3-5,8-11,14,22H,6-7,12-13,15H2,1-2H3/t22-/m0/s1. The fraction of sp³-hybridized carbons (Fsp3) is 0.348. The molecule has 1 aliphatic rings. The Morgan fingerprint density at radius 1 is 1.00 bits per heavy atom. The molecule has 0 bridgehead atoms. The zero-order chi connectivity index (χ0) is 21.5. The predicted molar refractivity (Wildman–Crippen MR) is 110 cm³/mol. The molecule has 1 aliphatic heterocycles. The van der Waals surface area contributed by atoms with Crippen LogP contribution in [0.3, 0.4) is 0 Å². The number of methoxy groups -OCH3 is 1. The Bertz CT molecular complexity index is 905. The van der Waals surface area contributed by atoms with Crippen LogP contribution in [0.15, 0.2) is 48.5 Å². The number of ether oxygens (including phenoxy) is 3. The van der Waals surface area contributed by atoms with E-state index in [-0.39, 0.29) is 11.7 Å². The molecule has 0 aliphatic carbocycles. The minimum Gasteiger partial charge on any atom is -0.493 e. The van der Waals surface area contributed by atoms with Crippen molar-refractivity contribution in [2.45, 2.75) is 25.9 Å². The number of ketones is 1. The van der Waals surface area contributed by atoms with Crippen molar-refractivity contribution in [1.82, 2.24) is 4.90 Å². The SMILES string of the molecule is COc1cc(C(C)=O)ccc1OCC(=O)O[C@H](C(=O)N1CCCC1)c1ccccc1. The van der Waals surface area contributed by atoms with Crippen molar-refractivity contribution >= 4 is 17.7 Å². The Morgan fingerprint density at radius 3 is 2.33 bits per heavy atom. The molecule has 30 heavy (non-hydrogen) atoms. The summed E-state index contributed by atoms with van der Waals surface area (Å²) in [5.41, 5.74) is 1.09. The molecule has 3 rings (SSSR count). The van der Waals surface area contributed by atoms with Gasteiger partial charge in [0.1, 0.15) is 0 Å². The number of benzene rings is 2. The van der Waals surface area contributed by atoms with Crippen LogP contribution in [-0.4, -0.2) is 49.4 Å². The number of likely N-dealkylation sites (tertiary alicyclic amines) is 1. The normalized spacial score (nSPS) is 14.1. The highest BCUT2D eigenvalue weighted by Crippen LogP contribution is 2.29. The number of hydrogen-bond donors (Lipinski definition) is 0. The van der Waals surface area contributed by atoms with Crippen molar-refractivity contribution in [1.29, 1.82) is 0 Å². The first-order valence-corrected chi connectivity index (χ1v) is 9.84. The number of carbonyl (C=O) groups excluding carboxylic acids is 3. The molecule has 1 fully saturated rings. The molecule has 1 amide bonds. The maximum atomic E-state index is 12.9. The molecule has 0 spiro atoms. The van der Waals surface area contributed by atoms with E-state index in [2.05, 4.69) is 0 Å². The highest BCUT2D eigenvalue weighted by Gasteiger charge is 2.31. The third kappa shape index (κ3) is 5.17. The van der Waals surface area contributed by atoms with E-state index in [1.54, 1.807) is 47.4 Å². The van der Waals surface area contributed by atoms with Gasteiger partial charge in [-0.2, -0.15) is 0 Å². The molecule has 2 aromatic rings. The van der Waals surface area contributed by atoms with Crippen LogP contribution in [0.25, 0.3) is 0 Å². The molecule has 0 radical (unpaired) electrons. The Balaban J connectivity index is 1.69. The molecule has 0 aromatic heterocycles. The molecule has 1 atom stereocenters. The quantitative estimate of drug-likeness (QED) is 0.490. The summed E-state index contributed by atoms with van der Waals surface area (Å²) in [5.74, 6) is -0.361. The van der Waals surface area contributed by atoms with E-state index < -0.39 is 18.7 Å². The first-order valence-electron chi connectivity index (χ1n) is 9.84. The lowest BCUT2D eigenvalue weighted by Gasteiger charge is -2.23. The number of hydrogen-bond acceptors (Lipinski definition) is 6. The largest absolute Gasteiger partial charge is 0.493 e. The maximum absolute atomic E-state index is 12.9. The summed E-state index contributed by atoms with van der Waals surface area (Å²) >= 11 is 0. The first kappa shape index (κ1) is 21.4. The smallest absolute Gasteiger partial charge is 0.345 e. The van der Waals surface area contributed by atoms with Gasteiger partial charge in [-0.15, -0.1) is 0 Å². The van der Waals surface area contributed by atoms with Gasteiger partial charge in [0.15, 0.2) is 23.9 Å². The Hall–Kier alpha value is -3.35. The number of carbonyl (C=O) groups is 3. The zero-order valence-corrected chi connectivity index (χ0v) is 17.1. The van der Waals surface area contributed by atoms with Gasteiger partial charge in [0.25, 0.3) is 5.91 Å². The number of rotatable bonds is 8. The molecule has 158 valence electrons. The minimum atomic E-state index is -1.01. The Morgan fingerprint density at radius 2 is 1.70 bits per heavy atom. The Labute approximate surface area is 175 Å². The van der Waals surface area contributed by atoms with Crippen LogP contribution in [0, 0.1) is 0 Å². The van der Waals surface area contributed by atoms with Gasteiger partial charge < -0.3 is 19.1 Å². The molecular weight excluding hydrogens is 386 g/mol. The van der Waals surface area contributed by atoms with E-state index in [9.17, 15) is 14.4 Å². The highest BCUT2D eigenvalue weighted by molar-refractivity contribution is 5.94. The second kappa shape index (κ2) is 9.91. The summed E-state index contributed by atoms with van der Waals surface area (Å²) in [5, 5.41) is 0. The zero-order valence-electron chi connectivity index (χ0n) is 17.1. The summed E-state index contributed by atoms with van der Waals surface area (Å²) in [6, 6.07) is 13.7. The topological polar surface area (TPSA) is 82.1 Å². The van der Waals surface area contributed by atoms with Crippen molar-refractivity contribution in [2.75, 3.05) is 26.8 Å². The fourth-order valence-electron chi connectivity index (χ4n) is 3.30. The second-order valence-electron chi connectivity index (χ2n) is 7.02. The second-order valence-corrected chi connectivity index (χ2v) is 7.02. The summed E-state index contributed by atoms with van der Waals surface area (Å²) < 4.78 is 16.3. The van der Waals surface area contributed by atoms with Crippen LogP contribution >= 0.6 is 0 Å². The van der Waals surface area contributed by atoms with Gasteiger partial charge in [-0.05, 0) is 38.0 Å².